The first-order chi connectivity index (χ1) is 40.9. The molecule has 0 bridgehead atoms. The summed E-state index contributed by atoms with van der Waals surface area (Å²) in [5, 5.41) is 3.60. The molecule has 0 radical (unpaired) electrons. The van der Waals surface area contributed by atoms with Crippen LogP contribution in [0.2, 0.25) is 0 Å². The Hall–Kier alpha value is -7.86. The van der Waals surface area contributed by atoms with E-state index in [9.17, 15) is 35.5 Å². The van der Waals surface area contributed by atoms with E-state index < -0.39 is 43.1 Å². The summed E-state index contributed by atoms with van der Waals surface area (Å²) in [7, 11) is -5.73. The minimum atomic E-state index is -4.46. The third-order valence-electron chi connectivity index (χ3n) is 16.9. The maximum atomic E-state index is 13.9. The first-order valence-electron chi connectivity index (χ1n) is 28.9. The number of allylic oxidation sites excluding steroid dienone is 5. The molecule has 2 amide bonds. The third kappa shape index (κ3) is 13.5. The van der Waals surface area contributed by atoms with Gasteiger partial charge in [0, 0.05) is 84.9 Å². The fraction of sp³-hybridized carbons (Fsp3) is 0.375. The lowest BCUT2D eigenvalue weighted by Gasteiger charge is -2.42. The highest BCUT2D eigenvalue weighted by molar-refractivity contribution is 7.86. The molecule has 0 saturated carbocycles. The first kappa shape index (κ1) is 62.7. The van der Waals surface area contributed by atoms with Crippen molar-refractivity contribution in [2.24, 2.45) is 5.73 Å². The van der Waals surface area contributed by atoms with Gasteiger partial charge >= 0.3 is 0 Å². The summed E-state index contributed by atoms with van der Waals surface area (Å²) in [6.45, 7) is 13.2. The van der Waals surface area contributed by atoms with Crippen LogP contribution in [0.15, 0.2) is 149 Å². The van der Waals surface area contributed by atoms with E-state index in [1.807, 2.05) is 103 Å². The summed E-state index contributed by atoms with van der Waals surface area (Å²) in [4.78, 5) is 43.7. The fourth-order valence-corrected chi connectivity index (χ4v) is 13.2. The summed E-state index contributed by atoms with van der Waals surface area (Å²) in [5.74, 6) is 2.04. The number of methoxy groups -OCH3 is 2. The van der Waals surface area contributed by atoms with Crippen molar-refractivity contribution in [3.8, 4) is 17.2 Å². The van der Waals surface area contributed by atoms with E-state index in [1.54, 1.807) is 44.6 Å². The van der Waals surface area contributed by atoms with E-state index in [-0.39, 0.29) is 53.0 Å². The van der Waals surface area contributed by atoms with E-state index in [2.05, 4.69) is 37.1 Å². The van der Waals surface area contributed by atoms with Crippen LogP contribution in [0.4, 0.5) is 23.1 Å². The molecule has 5 aromatic carbocycles. The summed E-state index contributed by atoms with van der Waals surface area (Å²) in [6, 6.07) is 29.3. The van der Waals surface area contributed by atoms with Crippen LogP contribution in [-0.2, 0) is 40.7 Å². The van der Waals surface area contributed by atoms with Crippen LogP contribution in [0.1, 0.15) is 101 Å². The van der Waals surface area contributed by atoms with E-state index in [0.29, 0.717) is 73.1 Å². The molecule has 1 aromatic heterocycles. The number of carbonyl (C=O) groups is 2. The van der Waals surface area contributed by atoms with Crippen molar-refractivity contribution in [3.63, 3.8) is 0 Å². The summed E-state index contributed by atoms with van der Waals surface area (Å²) >= 11 is 0. The molecular formula is C64H78N9O11S2+. The maximum Gasteiger partial charge on any atom is 0.294 e. The number of hydrogen-bond acceptors (Lipinski definition) is 15. The second-order valence-electron chi connectivity index (χ2n) is 23.0. The van der Waals surface area contributed by atoms with Gasteiger partial charge in [-0.2, -0.15) is 21.8 Å². The van der Waals surface area contributed by atoms with Crippen LogP contribution < -0.4 is 45.7 Å². The summed E-state index contributed by atoms with van der Waals surface area (Å²) in [5.41, 5.74) is 18.7. The van der Waals surface area contributed by atoms with E-state index >= 15 is 0 Å². The Morgan fingerprint density at radius 2 is 1.53 bits per heavy atom. The Labute approximate surface area is 504 Å². The molecule has 4 atom stereocenters. The minimum absolute atomic E-state index is 0.0266. The predicted octanol–water partition coefficient (Wildman–Crippen LogP) is 7.95. The molecule has 6 aromatic rings. The Balaban J connectivity index is 0.815. The van der Waals surface area contributed by atoms with Gasteiger partial charge in [-0.3, -0.25) is 23.6 Å². The lowest BCUT2D eigenvalue weighted by atomic mass is 9.80. The number of nitrogens with zero attached hydrogens (tertiary/aromatic N) is 5. The molecule has 3 aliphatic heterocycles. The number of quaternary nitrogens is 1. The number of hydrogen-bond donors (Lipinski definition) is 6. The van der Waals surface area contributed by atoms with Gasteiger partial charge in [-0.15, -0.1) is 0 Å². The van der Waals surface area contributed by atoms with Gasteiger partial charge in [-0.05, 0) is 111 Å². The molecule has 3 aliphatic rings. The van der Waals surface area contributed by atoms with Crippen molar-refractivity contribution in [1.29, 1.82) is 0 Å². The highest BCUT2D eigenvalue weighted by atomic mass is 32.2. The molecule has 22 heteroatoms. The number of rotatable bonds is 23. The van der Waals surface area contributed by atoms with Crippen LogP contribution in [0.3, 0.4) is 0 Å². The third-order valence-corrected chi connectivity index (χ3v) is 18.6. The normalized spacial score (nSPS) is 19.1. The minimum Gasteiger partial charge on any atom is -0.493 e. The van der Waals surface area contributed by atoms with Crippen molar-refractivity contribution in [3.05, 3.63) is 161 Å². The van der Waals surface area contributed by atoms with Gasteiger partial charge in [-0.25, -0.2) is 4.98 Å². The standard InChI is InChI=1S/C64H77N9O11S2/c1-8-71-52-28-26-45(85(76,77)78)36-48(52)63(2,3)57(71)23-14-10-15-24-58-64(4,5)49-37-46(86(79,80)81)27-29-53(49)72(58)31-17-11-16-25-59(74)67-30-34-84-44-22-18-21-43(35-44)54-41-70(60(75)39-50(65)42-19-12-9-13-20-42)32-33-73(54)62-68-51-40-56(83-7)55(82-6)38-47(51)61(66)69-62/h9-10,12-15,18-24,26-29,35-38,40,50,54,57H,8,11,16-17,25,30-34,39,41,65H2,1-7H3,(H,67,74)(H2,66,68,69)(H,76,77,78)(H,79,80,81)/p+1/b15-10+,23-14+,58-24+/t50-,54?,57?/m1/s1. The molecule has 1 fully saturated rings. The Kier molecular flexibility index (Phi) is 18.9. The molecule has 8 N–H and O–H groups in total. The first-order valence-corrected chi connectivity index (χ1v) is 31.8. The molecule has 0 spiro atoms. The number of piperazine rings is 1. The monoisotopic (exact) mass is 1210 g/mol. The van der Waals surface area contributed by atoms with Crippen molar-refractivity contribution in [2.75, 3.05) is 75.6 Å². The smallest absolute Gasteiger partial charge is 0.294 e. The number of nitrogens with one attached hydrogen (secondary N) is 2. The second-order valence-corrected chi connectivity index (χ2v) is 25.8. The number of nitrogens with two attached hydrogens (primary N) is 2. The van der Waals surface area contributed by atoms with Gasteiger partial charge in [0.25, 0.3) is 20.2 Å². The molecule has 4 heterocycles. The van der Waals surface area contributed by atoms with Gasteiger partial charge in [0.1, 0.15) is 29.9 Å². The number of nitrogen functional groups attached to an aromatic ring is 1. The summed E-state index contributed by atoms with van der Waals surface area (Å²) in [6.07, 6.45) is 12.5. The van der Waals surface area contributed by atoms with E-state index in [4.69, 9.17) is 35.6 Å². The number of aromatic nitrogens is 2. The number of benzene rings is 5. The molecular weight excluding hydrogens is 1130 g/mol. The average Bonchev–Trinajstić information content (AvgIpc) is 2.22. The SMILES string of the molecule is CC[NH+]1c2ccc(S(=O)(=O)O)cc2C(C)(C)C1/C=C/C=C/C=C1/N(CCCCCC(=O)NCCOc2cccc(C3CN(C(=O)C[C@@H](N)c4ccccc4)CCN3c3nc(N)c4cc(OC)c(OC)cc4n3)c2)c2ccc(S(=O)(=O)O)cc2C1(C)C. The van der Waals surface area contributed by atoms with Gasteiger partial charge in [-0.1, -0.05) is 81.0 Å². The molecule has 20 nitrogen and oxygen atoms in total. The topological polar surface area (TPSA) is 275 Å². The number of fused-ring (bicyclic) bond motifs is 3. The van der Waals surface area contributed by atoms with E-state index in [0.717, 1.165) is 58.7 Å². The zero-order valence-electron chi connectivity index (χ0n) is 49.7. The fourth-order valence-electron chi connectivity index (χ4n) is 12.2. The van der Waals surface area contributed by atoms with Crippen molar-refractivity contribution >= 4 is 66.1 Å². The van der Waals surface area contributed by atoms with Gasteiger partial charge < -0.3 is 45.7 Å². The number of anilines is 3. The molecule has 3 unspecified atom stereocenters. The van der Waals surface area contributed by atoms with Gasteiger partial charge in [0.05, 0.1) is 54.1 Å². The highest BCUT2D eigenvalue weighted by Crippen LogP contribution is 2.49. The quantitative estimate of drug-likeness (QED) is 0.0202. The average molecular weight is 1210 g/mol. The Morgan fingerprint density at radius 3 is 2.24 bits per heavy atom. The zero-order chi connectivity index (χ0) is 61.7. The van der Waals surface area contributed by atoms with Crippen molar-refractivity contribution < 1.29 is 54.6 Å². The number of unbranched alkanes of at least 4 members (excludes halogenated alkanes) is 2. The number of likely N-dealkylation sites (N-methyl/N-ethyl adjacent to an activating group) is 1. The van der Waals surface area contributed by atoms with Gasteiger partial charge in [0.2, 0.25) is 17.8 Å². The van der Waals surface area contributed by atoms with Crippen molar-refractivity contribution in [2.45, 2.75) is 105 Å². The van der Waals surface area contributed by atoms with Crippen molar-refractivity contribution in [1.82, 2.24) is 20.2 Å². The zero-order valence-corrected chi connectivity index (χ0v) is 51.3. The largest absolute Gasteiger partial charge is 0.493 e. The maximum absolute atomic E-state index is 13.9. The Bertz CT molecular complexity index is 3820. The molecule has 1 saturated heterocycles. The van der Waals surface area contributed by atoms with Crippen LogP contribution in [0.25, 0.3) is 10.9 Å². The lowest BCUT2D eigenvalue weighted by molar-refractivity contribution is -0.848. The summed E-state index contributed by atoms with van der Waals surface area (Å²) < 4.78 is 85.7. The van der Waals surface area contributed by atoms with Crippen LogP contribution in [-0.4, -0.2) is 119 Å². The molecule has 456 valence electrons. The lowest BCUT2D eigenvalue weighted by Crippen LogP contribution is -3.10. The highest BCUT2D eigenvalue weighted by Gasteiger charge is 2.48. The van der Waals surface area contributed by atoms with Crippen LogP contribution >= 0.6 is 0 Å². The molecule has 0 aliphatic carbocycles. The Morgan fingerprint density at radius 1 is 0.826 bits per heavy atom. The molecule has 86 heavy (non-hydrogen) atoms. The second kappa shape index (κ2) is 26.0. The van der Waals surface area contributed by atoms with Crippen LogP contribution in [0.5, 0.6) is 17.2 Å². The predicted molar refractivity (Wildman–Crippen MR) is 332 cm³/mol. The number of amides is 2. The van der Waals surface area contributed by atoms with Gasteiger partial charge in [0.15, 0.2) is 11.5 Å². The number of ether oxygens (including phenoxy) is 3. The number of carbonyl (C=O) groups excluding carboxylic acids is 2. The van der Waals surface area contributed by atoms with E-state index in [1.165, 1.54) is 23.1 Å². The molecule has 9 rings (SSSR count). The van der Waals surface area contributed by atoms with Crippen LogP contribution in [0, 0.1) is 0 Å².